The first-order chi connectivity index (χ1) is 8.27. The summed E-state index contributed by atoms with van der Waals surface area (Å²) in [6.45, 7) is 2.13. The molecule has 1 rings (SSSR count). The Kier molecular flexibility index (Phi) is 7.62. The fourth-order valence-electron chi connectivity index (χ4n) is 1.60. The second kappa shape index (κ2) is 8.76. The van der Waals surface area contributed by atoms with Crippen molar-refractivity contribution < 1.29 is 4.79 Å². The van der Waals surface area contributed by atoms with E-state index in [1.807, 2.05) is 24.3 Å². The molecule has 0 unspecified atom stereocenters. The van der Waals surface area contributed by atoms with Gasteiger partial charge in [0.05, 0.1) is 0 Å². The highest BCUT2D eigenvalue weighted by atomic mass is 79.9. The lowest BCUT2D eigenvalue weighted by molar-refractivity contribution is 0.0979. The summed E-state index contributed by atoms with van der Waals surface area (Å²) in [6, 6.07) is 7.98. The number of rotatable bonds is 8. The maximum absolute atomic E-state index is 11.9. The topological polar surface area (TPSA) is 17.1 Å². The van der Waals surface area contributed by atoms with Gasteiger partial charge in [0.1, 0.15) is 0 Å². The van der Waals surface area contributed by atoms with Crippen LogP contribution in [-0.2, 0) is 0 Å². The number of carbonyl (C=O) groups is 1. The van der Waals surface area contributed by atoms with Crippen molar-refractivity contribution in [1.82, 2.24) is 0 Å². The maximum Gasteiger partial charge on any atom is 0.162 e. The third-order valence-corrected chi connectivity index (χ3v) is 3.98. The van der Waals surface area contributed by atoms with Crippen molar-refractivity contribution in [3.63, 3.8) is 0 Å². The lowest BCUT2D eigenvalue weighted by atomic mass is 10.1. The van der Waals surface area contributed by atoms with Gasteiger partial charge < -0.3 is 0 Å². The first-order valence-electron chi connectivity index (χ1n) is 6.10. The molecule has 0 bridgehead atoms. The van der Waals surface area contributed by atoms with E-state index in [0.29, 0.717) is 6.42 Å². The first kappa shape index (κ1) is 14.8. The molecule has 0 aromatic heterocycles. The number of benzene rings is 1. The van der Waals surface area contributed by atoms with Gasteiger partial charge in [-0.1, -0.05) is 41.4 Å². The molecular weight excluding hydrogens is 296 g/mol. The molecule has 0 spiro atoms. The van der Waals surface area contributed by atoms with Crippen LogP contribution >= 0.6 is 27.7 Å². The molecular formula is C14H19BrOS. The molecule has 0 fully saturated rings. The fourth-order valence-corrected chi connectivity index (χ4v) is 2.66. The van der Waals surface area contributed by atoms with Gasteiger partial charge in [-0.25, -0.2) is 0 Å². The van der Waals surface area contributed by atoms with Crippen molar-refractivity contribution >= 4 is 33.5 Å². The number of thioether (sulfide) groups is 1. The van der Waals surface area contributed by atoms with E-state index in [1.165, 1.54) is 4.90 Å². The highest BCUT2D eigenvalue weighted by Crippen LogP contribution is 2.18. The zero-order valence-electron chi connectivity index (χ0n) is 10.2. The van der Waals surface area contributed by atoms with Crippen molar-refractivity contribution in [2.24, 2.45) is 0 Å². The lowest BCUT2D eigenvalue weighted by Crippen LogP contribution is -1.98. The van der Waals surface area contributed by atoms with Gasteiger partial charge in [0.15, 0.2) is 5.78 Å². The summed E-state index contributed by atoms with van der Waals surface area (Å²) in [7, 11) is 0. The Labute approximate surface area is 117 Å². The summed E-state index contributed by atoms with van der Waals surface area (Å²) >= 11 is 5.20. The zero-order valence-corrected chi connectivity index (χ0v) is 12.6. The van der Waals surface area contributed by atoms with Crippen molar-refractivity contribution in [2.45, 2.75) is 37.5 Å². The van der Waals surface area contributed by atoms with Crippen molar-refractivity contribution in [1.29, 1.82) is 0 Å². The molecule has 1 aromatic rings. The number of alkyl halides is 1. The van der Waals surface area contributed by atoms with Crippen LogP contribution in [0.2, 0.25) is 0 Å². The molecule has 0 saturated carbocycles. The fraction of sp³-hybridized carbons (Fsp3) is 0.500. The quantitative estimate of drug-likeness (QED) is 0.293. The van der Waals surface area contributed by atoms with Crippen LogP contribution in [0.15, 0.2) is 29.2 Å². The molecule has 0 atom stereocenters. The van der Waals surface area contributed by atoms with Gasteiger partial charge in [-0.2, -0.15) is 0 Å². The van der Waals surface area contributed by atoms with Gasteiger partial charge in [-0.15, -0.1) is 11.8 Å². The number of hydrogen-bond acceptors (Lipinski definition) is 2. The summed E-state index contributed by atoms with van der Waals surface area (Å²) in [4.78, 5) is 13.1. The molecule has 0 amide bonds. The molecule has 0 aliphatic carbocycles. The third kappa shape index (κ3) is 5.73. The van der Waals surface area contributed by atoms with Gasteiger partial charge in [-0.05, 0) is 30.7 Å². The average Bonchev–Trinajstić information content (AvgIpc) is 2.36. The second-order valence-electron chi connectivity index (χ2n) is 3.88. The molecule has 17 heavy (non-hydrogen) atoms. The molecule has 0 N–H and O–H groups in total. The largest absolute Gasteiger partial charge is 0.294 e. The van der Waals surface area contributed by atoms with Gasteiger partial charge in [0.25, 0.3) is 0 Å². The standard InChI is InChI=1S/C14H19BrOS/c1-2-17-13-9-7-12(8-10-13)14(16)6-4-3-5-11-15/h7-10H,2-6,11H2,1H3. The minimum Gasteiger partial charge on any atom is -0.294 e. The van der Waals surface area contributed by atoms with Gasteiger partial charge >= 0.3 is 0 Å². The van der Waals surface area contributed by atoms with Crippen LogP contribution in [0, 0.1) is 0 Å². The minimum absolute atomic E-state index is 0.271. The van der Waals surface area contributed by atoms with Crippen molar-refractivity contribution in [3.8, 4) is 0 Å². The first-order valence-corrected chi connectivity index (χ1v) is 8.20. The van der Waals surface area contributed by atoms with Gasteiger partial charge in [0.2, 0.25) is 0 Å². The molecule has 0 saturated heterocycles. The normalized spacial score (nSPS) is 10.5. The molecule has 0 heterocycles. The molecule has 0 aliphatic rings. The van der Waals surface area contributed by atoms with Crippen molar-refractivity contribution in [3.05, 3.63) is 29.8 Å². The van der Waals surface area contributed by atoms with Crippen LogP contribution in [0.25, 0.3) is 0 Å². The number of ketones is 1. The average molecular weight is 315 g/mol. The molecule has 1 nitrogen and oxygen atoms in total. The Morgan fingerprint density at radius 3 is 2.47 bits per heavy atom. The van der Waals surface area contributed by atoms with E-state index in [4.69, 9.17) is 0 Å². The molecule has 94 valence electrons. The van der Waals surface area contributed by atoms with Crippen LogP contribution < -0.4 is 0 Å². The maximum atomic E-state index is 11.9. The van der Waals surface area contributed by atoms with Crippen LogP contribution in [0.3, 0.4) is 0 Å². The van der Waals surface area contributed by atoms with Gasteiger partial charge in [-0.3, -0.25) is 4.79 Å². The summed E-state index contributed by atoms with van der Waals surface area (Å²) in [5.41, 5.74) is 0.851. The summed E-state index contributed by atoms with van der Waals surface area (Å²) in [5.74, 6) is 1.34. The Morgan fingerprint density at radius 1 is 1.18 bits per heavy atom. The molecule has 0 radical (unpaired) electrons. The minimum atomic E-state index is 0.271. The Bertz CT molecular complexity index is 335. The SMILES string of the molecule is CCSc1ccc(C(=O)CCCCCBr)cc1. The molecule has 0 aliphatic heterocycles. The van der Waals surface area contributed by atoms with Crippen molar-refractivity contribution in [2.75, 3.05) is 11.1 Å². The summed E-state index contributed by atoms with van der Waals surface area (Å²) in [6.07, 6.45) is 3.95. The van der Waals surface area contributed by atoms with Crippen LogP contribution in [-0.4, -0.2) is 16.9 Å². The van der Waals surface area contributed by atoms with E-state index >= 15 is 0 Å². The summed E-state index contributed by atoms with van der Waals surface area (Å²) < 4.78 is 0. The van der Waals surface area contributed by atoms with Crippen LogP contribution in [0.5, 0.6) is 0 Å². The van der Waals surface area contributed by atoms with E-state index in [2.05, 4.69) is 22.9 Å². The Balaban J connectivity index is 2.40. The van der Waals surface area contributed by atoms with E-state index < -0.39 is 0 Å². The van der Waals surface area contributed by atoms with E-state index in [0.717, 1.165) is 35.9 Å². The number of Topliss-reactive ketones (excluding diaryl/α,β-unsaturated/α-hetero) is 1. The third-order valence-electron chi connectivity index (χ3n) is 2.52. The Morgan fingerprint density at radius 2 is 1.88 bits per heavy atom. The Hall–Kier alpha value is -0.280. The highest BCUT2D eigenvalue weighted by molar-refractivity contribution is 9.09. The predicted molar refractivity (Wildman–Crippen MR) is 79.4 cm³/mol. The van der Waals surface area contributed by atoms with E-state index in [9.17, 15) is 4.79 Å². The monoisotopic (exact) mass is 314 g/mol. The van der Waals surface area contributed by atoms with Crippen LogP contribution in [0.1, 0.15) is 43.0 Å². The van der Waals surface area contributed by atoms with E-state index in [-0.39, 0.29) is 5.78 Å². The summed E-state index contributed by atoms with van der Waals surface area (Å²) in [5, 5.41) is 1.03. The molecule has 3 heteroatoms. The predicted octanol–water partition coefficient (Wildman–Crippen LogP) is 4.94. The zero-order chi connectivity index (χ0) is 12.5. The lowest BCUT2D eigenvalue weighted by Gasteiger charge is -2.02. The highest BCUT2D eigenvalue weighted by Gasteiger charge is 2.05. The smallest absolute Gasteiger partial charge is 0.162 e. The number of carbonyl (C=O) groups excluding carboxylic acids is 1. The van der Waals surface area contributed by atoms with Crippen LogP contribution in [0.4, 0.5) is 0 Å². The van der Waals surface area contributed by atoms with E-state index in [1.54, 1.807) is 11.8 Å². The number of hydrogen-bond donors (Lipinski definition) is 0. The number of halogens is 1. The van der Waals surface area contributed by atoms with Gasteiger partial charge in [0, 0.05) is 22.2 Å². The second-order valence-corrected chi connectivity index (χ2v) is 6.01. The number of unbranched alkanes of at least 4 members (excludes halogenated alkanes) is 2. The molecule has 1 aromatic carbocycles.